The highest BCUT2D eigenvalue weighted by molar-refractivity contribution is 7.07. The zero-order chi connectivity index (χ0) is 9.90. The van der Waals surface area contributed by atoms with E-state index >= 15 is 0 Å². The minimum atomic E-state index is -0.685. The van der Waals surface area contributed by atoms with E-state index in [1.807, 2.05) is 17.8 Å². The average Bonchev–Trinajstić information content (AvgIpc) is 2.50. The van der Waals surface area contributed by atoms with Crippen LogP contribution >= 0.6 is 11.3 Å². The van der Waals surface area contributed by atoms with Gasteiger partial charge >= 0.3 is 0 Å². The zero-order valence-corrected chi connectivity index (χ0v) is 9.06. The molecule has 74 valence electrons. The third kappa shape index (κ3) is 3.42. The molecule has 0 fully saturated rings. The quantitative estimate of drug-likeness (QED) is 0.772. The normalized spacial score (nSPS) is 14.5. The molecule has 4 heteroatoms. The Balaban J connectivity index is 2.35. The summed E-state index contributed by atoms with van der Waals surface area (Å²) in [7, 11) is 0. The molecule has 0 amide bonds. The first kappa shape index (κ1) is 10.6. The summed E-state index contributed by atoms with van der Waals surface area (Å²) in [5, 5.41) is 14.9. The zero-order valence-electron chi connectivity index (χ0n) is 8.24. The lowest BCUT2D eigenvalue weighted by molar-refractivity contribution is 0.0436. The van der Waals surface area contributed by atoms with Crippen molar-refractivity contribution in [2.45, 2.75) is 39.0 Å². The Kier molecular flexibility index (Phi) is 3.41. The van der Waals surface area contributed by atoms with Crippen molar-refractivity contribution in [3.05, 3.63) is 16.6 Å². The highest BCUT2D eigenvalue weighted by Gasteiger charge is 2.21. The summed E-state index contributed by atoms with van der Waals surface area (Å²) in [5.41, 5.74) is 2.16. The second kappa shape index (κ2) is 4.17. The van der Waals surface area contributed by atoms with E-state index < -0.39 is 5.60 Å². The molecule has 1 aromatic heterocycles. The number of hydrogen-bond acceptors (Lipinski definition) is 4. The van der Waals surface area contributed by atoms with Crippen LogP contribution in [-0.4, -0.2) is 21.7 Å². The molecule has 0 aliphatic rings. The Bertz CT molecular complexity index is 241. The summed E-state index contributed by atoms with van der Waals surface area (Å²) in [5.74, 6) is 0. The highest BCUT2D eigenvalue weighted by atomic mass is 32.1. The average molecular weight is 200 g/mol. The molecule has 1 unspecified atom stereocenters. The molecule has 0 radical (unpaired) electrons. The molecule has 0 aromatic carbocycles. The summed E-state index contributed by atoms with van der Waals surface area (Å²) in [4.78, 5) is 4.14. The summed E-state index contributed by atoms with van der Waals surface area (Å²) in [6, 6.07) is 0.0641. The van der Waals surface area contributed by atoms with Gasteiger partial charge in [0.2, 0.25) is 0 Å². The number of aliphatic hydroxyl groups is 1. The molecule has 3 nitrogen and oxygen atoms in total. The van der Waals surface area contributed by atoms with E-state index in [0.29, 0.717) is 6.54 Å². The first-order valence-corrected chi connectivity index (χ1v) is 5.27. The monoisotopic (exact) mass is 200 g/mol. The SMILES string of the molecule is CC(NCc1cscn1)C(C)(C)O. The maximum absolute atomic E-state index is 9.63. The van der Waals surface area contributed by atoms with Gasteiger partial charge in [-0.05, 0) is 20.8 Å². The third-order valence-electron chi connectivity index (χ3n) is 2.13. The maximum Gasteiger partial charge on any atom is 0.0795 e. The molecule has 0 saturated heterocycles. The van der Waals surface area contributed by atoms with Crippen molar-refractivity contribution in [3.63, 3.8) is 0 Å². The Morgan fingerprint density at radius 3 is 2.85 bits per heavy atom. The van der Waals surface area contributed by atoms with Gasteiger partial charge in [0.05, 0.1) is 16.8 Å². The smallest absolute Gasteiger partial charge is 0.0795 e. The minimum Gasteiger partial charge on any atom is -0.389 e. The second-order valence-electron chi connectivity index (χ2n) is 3.74. The van der Waals surface area contributed by atoms with Gasteiger partial charge in [0, 0.05) is 18.0 Å². The van der Waals surface area contributed by atoms with Crippen LogP contribution in [0.4, 0.5) is 0 Å². The van der Waals surface area contributed by atoms with E-state index in [4.69, 9.17) is 0 Å². The Labute approximate surface area is 82.8 Å². The fourth-order valence-corrected chi connectivity index (χ4v) is 1.39. The summed E-state index contributed by atoms with van der Waals surface area (Å²) < 4.78 is 0. The lowest BCUT2D eigenvalue weighted by Gasteiger charge is -2.26. The molecule has 13 heavy (non-hydrogen) atoms. The third-order valence-corrected chi connectivity index (χ3v) is 2.77. The fourth-order valence-electron chi connectivity index (χ4n) is 0.832. The van der Waals surface area contributed by atoms with Crippen molar-refractivity contribution in [2.75, 3.05) is 0 Å². The highest BCUT2D eigenvalue weighted by Crippen LogP contribution is 2.08. The van der Waals surface area contributed by atoms with Crippen LogP contribution in [0.3, 0.4) is 0 Å². The largest absolute Gasteiger partial charge is 0.389 e. The number of aromatic nitrogens is 1. The van der Waals surface area contributed by atoms with Gasteiger partial charge in [-0.3, -0.25) is 0 Å². The van der Waals surface area contributed by atoms with Crippen LogP contribution in [0.15, 0.2) is 10.9 Å². The van der Waals surface area contributed by atoms with E-state index in [9.17, 15) is 5.11 Å². The van der Waals surface area contributed by atoms with Crippen LogP contribution in [-0.2, 0) is 6.54 Å². The van der Waals surface area contributed by atoms with Crippen LogP contribution in [0.5, 0.6) is 0 Å². The summed E-state index contributed by atoms with van der Waals surface area (Å²) >= 11 is 1.59. The minimum absolute atomic E-state index is 0.0641. The van der Waals surface area contributed by atoms with Crippen molar-refractivity contribution in [1.82, 2.24) is 10.3 Å². The summed E-state index contributed by atoms with van der Waals surface area (Å²) in [6.07, 6.45) is 0. The first-order chi connectivity index (χ1) is 6.00. The molecule has 1 atom stereocenters. The molecule has 0 bridgehead atoms. The molecule has 2 N–H and O–H groups in total. The van der Waals surface area contributed by atoms with Gasteiger partial charge in [-0.1, -0.05) is 0 Å². The fraction of sp³-hybridized carbons (Fsp3) is 0.667. The van der Waals surface area contributed by atoms with Crippen LogP contribution in [0, 0.1) is 0 Å². The number of rotatable bonds is 4. The Morgan fingerprint density at radius 1 is 1.69 bits per heavy atom. The van der Waals surface area contributed by atoms with E-state index in [1.165, 1.54) is 0 Å². The van der Waals surface area contributed by atoms with Gasteiger partial charge in [-0.25, -0.2) is 4.98 Å². The molecular formula is C9H16N2OS. The van der Waals surface area contributed by atoms with Gasteiger partial charge in [-0.2, -0.15) is 0 Å². The second-order valence-corrected chi connectivity index (χ2v) is 4.45. The number of nitrogens with zero attached hydrogens (tertiary/aromatic N) is 1. The summed E-state index contributed by atoms with van der Waals surface area (Å²) in [6.45, 7) is 6.28. The van der Waals surface area contributed by atoms with E-state index in [2.05, 4.69) is 10.3 Å². The topological polar surface area (TPSA) is 45.2 Å². The van der Waals surface area contributed by atoms with Gasteiger partial charge in [-0.15, -0.1) is 11.3 Å². The molecular weight excluding hydrogens is 184 g/mol. The van der Waals surface area contributed by atoms with Crippen LogP contribution in [0.2, 0.25) is 0 Å². The maximum atomic E-state index is 9.63. The number of hydrogen-bond donors (Lipinski definition) is 2. The predicted octanol–water partition coefficient (Wildman–Crippen LogP) is 1.39. The Morgan fingerprint density at radius 2 is 2.38 bits per heavy atom. The van der Waals surface area contributed by atoms with Crippen molar-refractivity contribution >= 4 is 11.3 Å². The molecule has 0 saturated carbocycles. The number of thiazole rings is 1. The molecule has 1 aromatic rings. The van der Waals surface area contributed by atoms with Crippen molar-refractivity contribution in [1.29, 1.82) is 0 Å². The van der Waals surface area contributed by atoms with Gasteiger partial charge in [0.1, 0.15) is 0 Å². The van der Waals surface area contributed by atoms with E-state index in [-0.39, 0.29) is 6.04 Å². The van der Waals surface area contributed by atoms with Gasteiger partial charge in [0.25, 0.3) is 0 Å². The molecule has 1 rings (SSSR count). The molecule has 0 spiro atoms. The van der Waals surface area contributed by atoms with Crippen LogP contribution < -0.4 is 5.32 Å². The van der Waals surface area contributed by atoms with Crippen LogP contribution in [0.1, 0.15) is 26.5 Å². The predicted molar refractivity (Wildman–Crippen MR) is 54.7 cm³/mol. The molecule has 1 heterocycles. The first-order valence-electron chi connectivity index (χ1n) is 4.33. The van der Waals surface area contributed by atoms with Crippen LogP contribution in [0.25, 0.3) is 0 Å². The molecule has 0 aliphatic carbocycles. The van der Waals surface area contributed by atoms with E-state index in [1.54, 1.807) is 25.2 Å². The lowest BCUT2D eigenvalue weighted by Crippen LogP contribution is -2.44. The molecule has 0 aliphatic heterocycles. The lowest BCUT2D eigenvalue weighted by atomic mass is 10.0. The Hall–Kier alpha value is -0.450. The van der Waals surface area contributed by atoms with E-state index in [0.717, 1.165) is 5.69 Å². The van der Waals surface area contributed by atoms with Gasteiger partial charge in [0.15, 0.2) is 0 Å². The number of nitrogens with one attached hydrogen (secondary N) is 1. The van der Waals surface area contributed by atoms with Crippen molar-refractivity contribution in [3.8, 4) is 0 Å². The van der Waals surface area contributed by atoms with Crippen molar-refractivity contribution < 1.29 is 5.11 Å². The standard InChI is InChI=1S/C9H16N2OS/c1-7(9(2,3)12)10-4-8-5-13-6-11-8/h5-7,10,12H,4H2,1-3H3. The van der Waals surface area contributed by atoms with Crippen molar-refractivity contribution in [2.24, 2.45) is 0 Å². The van der Waals surface area contributed by atoms with Gasteiger partial charge < -0.3 is 10.4 Å².